The Morgan fingerprint density at radius 2 is 1.88 bits per heavy atom. The Kier molecular flexibility index (Phi) is 4.73. The molecule has 6 nitrogen and oxygen atoms in total. The van der Waals surface area contributed by atoms with Crippen LogP contribution in [0.2, 0.25) is 0 Å². The fourth-order valence-corrected chi connectivity index (χ4v) is 3.49. The van der Waals surface area contributed by atoms with Crippen LogP contribution in [0.1, 0.15) is 40.5 Å². The maximum Gasteiger partial charge on any atom is 0.255 e. The van der Waals surface area contributed by atoms with Crippen molar-refractivity contribution < 1.29 is 4.79 Å². The van der Waals surface area contributed by atoms with Crippen LogP contribution in [0.3, 0.4) is 0 Å². The number of carbonyl (C=O) groups excluding carboxylic acids is 1. The van der Waals surface area contributed by atoms with Crippen LogP contribution < -0.4 is 0 Å². The summed E-state index contributed by atoms with van der Waals surface area (Å²) in [5.41, 5.74) is 1.89. The van der Waals surface area contributed by atoms with E-state index < -0.39 is 0 Å². The van der Waals surface area contributed by atoms with E-state index in [1.165, 1.54) is 5.56 Å². The first-order valence-corrected chi connectivity index (χ1v) is 8.92. The van der Waals surface area contributed by atoms with Gasteiger partial charge in [0.15, 0.2) is 0 Å². The third kappa shape index (κ3) is 3.49. The molecule has 3 aromatic rings. The number of hydrogen-bond acceptors (Lipinski definition) is 4. The SMILES string of the molecule is O=C(c1cccnc1)N1CCC(c2nncn2Cc2ccccc2)CC1. The molecule has 1 amide bonds. The van der Waals surface area contributed by atoms with Crippen LogP contribution in [0.5, 0.6) is 0 Å². The van der Waals surface area contributed by atoms with E-state index in [-0.39, 0.29) is 5.91 Å². The zero-order valence-electron chi connectivity index (χ0n) is 14.5. The lowest BCUT2D eigenvalue weighted by molar-refractivity contribution is 0.0710. The first kappa shape index (κ1) is 16.4. The van der Waals surface area contributed by atoms with E-state index in [1.54, 1.807) is 24.8 Å². The molecule has 3 heterocycles. The second-order valence-electron chi connectivity index (χ2n) is 6.61. The van der Waals surface area contributed by atoms with Gasteiger partial charge < -0.3 is 9.47 Å². The molecule has 4 rings (SSSR count). The number of nitrogens with zero attached hydrogens (tertiary/aromatic N) is 5. The minimum absolute atomic E-state index is 0.0577. The van der Waals surface area contributed by atoms with Gasteiger partial charge in [-0.15, -0.1) is 10.2 Å². The van der Waals surface area contributed by atoms with Crippen molar-refractivity contribution in [3.8, 4) is 0 Å². The van der Waals surface area contributed by atoms with Gasteiger partial charge in [0.2, 0.25) is 0 Å². The first-order chi connectivity index (χ1) is 12.8. The summed E-state index contributed by atoms with van der Waals surface area (Å²) in [6.45, 7) is 2.24. The summed E-state index contributed by atoms with van der Waals surface area (Å²) in [5.74, 6) is 1.41. The van der Waals surface area contributed by atoms with Gasteiger partial charge in [-0.3, -0.25) is 9.78 Å². The van der Waals surface area contributed by atoms with Crippen molar-refractivity contribution in [2.45, 2.75) is 25.3 Å². The maximum absolute atomic E-state index is 12.6. The van der Waals surface area contributed by atoms with E-state index >= 15 is 0 Å². The summed E-state index contributed by atoms with van der Waals surface area (Å²) in [6.07, 6.45) is 6.92. The number of rotatable bonds is 4. The fourth-order valence-electron chi connectivity index (χ4n) is 3.49. The van der Waals surface area contributed by atoms with E-state index in [1.807, 2.05) is 29.2 Å². The van der Waals surface area contributed by atoms with Crippen molar-refractivity contribution in [3.63, 3.8) is 0 Å². The standard InChI is InChI=1S/C20H21N5O/c26-20(18-7-4-10-21-13-18)24-11-8-17(9-12-24)19-23-22-15-25(19)14-16-5-2-1-3-6-16/h1-7,10,13,15,17H,8-9,11-12,14H2. The molecule has 0 spiro atoms. The lowest BCUT2D eigenvalue weighted by Crippen LogP contribution is -2.38. The highest BCUT2D eigenvalue weighted by atomic mass is 16.2. The third-order valence-electron chi connectivity index (χ3n) is 4.90. The first-order valence-electron chi connectivity index (χ1n) is 8.92. The zero-order valence-corrected chi connectivity index (χ0v) is 14.5. The van der Waals surface area contributed by atoms with Gasteiger partial charge in [0.25, 0.3) is 5.91 Å². The Bertz CT molecular complexity index is 854. The maximum atomic E-state index is 12.6. The molecule has 0 radical (unpaired) electrons. The van der Waals surface area contributed by atoms with Crippen molar-refractivity contribution in [2.75, 3.05) is 13.1 Å². The van der Waals surface area contributed by atoms with Crippen LogP contribution >= 0.6 is 0 Å². The second kappa shape index (κ2) is 7.47. The number of aromatic nitrogens is 4. The molecule has 1 saturated heterocycles. The van der Waals surface area contributed by atoms with Crippen LogP contribution in [0.4, 0.5) is 0 Å². The Balaban J connectivity index is 1.41. The van der Waals surface area contributed by atoms with Crippen molar-refractivity contribution in [1.29, 1.82) is 0 Å². The van der Waals surface area contributed by atoms with Crippen LogP contribution in [0.25, 0.3) is 0 Å². The lowest BCUT2D eigenvalue weighted by atomic mass is 9.95. The normalized spacial score (nSPS) is 15.2. The highest BCUT2D eigenvalue weighted by molar-refractivity contribution is 5.93. The minimum atomic E-state index is 0.0577. The monoisotopic (exact) mass is 347 g/mol. The van der Waals surface area contributed by atoms with Gasteiger partial charge in [-0.1, -0.05) is 30.3 Å². The summed E-state index contributed by atoms with van der Waals surface area (Å²) in [6, 6.07) is 13.9. The topological polar surface area (TPSA) is 63.9 Å². The molecule has 0 bridgehead atoms. The number of piperidine rings is 1. The second-order valence-corrected chi connectivity index (χ2v) is 6.61. The number of benzene rings is 1. The van der Waals surface area contributed by atoms with Gasteiger partial charge in [-0.25, -0.2) is 0 Å². The summed E-state index contributed by atoms with van der Waals surface area (Å²) in [5, 5.41) is 8.48. The van der Waals surface area contributed by atoms with Gasteiger partial charge in [0, 0.05) is 31.4 Å². The number of pyridine rings is 1. The van der Waals surface area contributed by atoms with E-state index in [0.29, 0.717) is 11.5 Å². The van der Waals surface area contributed by atoms with Gasteiger partial charge >= 0.3 is 0 Å². The summed E-state index contributed by atoms with van der Waals surface area (Å²) in [4.78, 5) is 18.5. The molecule has 1 aliphatic heterocycles. The molecule has 1 fully saturated rings. The van der Waals surface area contributed by atoms with E-state index in [2.05, 4.69) is 31.9 Å². The Labute approximate surface area is 152 Å². The smallest absolute Gasteiger partial charge is 0.255 e. The van der Waals surface area contributed by atoms with Crippen molar-refractivity contribution in [2.24, 2.45) is 0 Å². The van der Waals surface area contributed by atoms with Gasteiger partial charge in [0.1, 0.15) is 12.2 Å². The van der Waals surface area contributed by atoms with Crippen LogP contribution in [-0.2, 0) is 6.54 Å². The molecule has 6 heteroatoms. The van der Waals surface area contributed by atoms with E-state index in [0.717, 1.165) is 38.3 Å². The third-order valence-corrected chi connectivity index (χ3v) is 4.90. The largest absolute Gasteiger partial charge is 0.339 e. The summed E-state index contributed by atoms with van der Waals surface area (Å²) in [7, 11) is 0. The Morgan fingerprint density at radius 3 is 2.62 bits per heavy atom. The molecule has 0 atom stereocenters. The van der Waals surface area contributed by atoms with Gasteiger partial charge in [-0.05, 0) is 30.5 Å². The molecular formula is C20H21N5O. The predicted octanol–water partition coefficient (Wildman–Crippen LogP) is 2.74. The molecule has 0 aliphatic carbocycles. The van der Waals surface area contributed by atoms with Gasteiger partial charge in [-0.2, -0.15) is 0 Å². The van der Waals surface area contributed by atoms with E-state index in [4.69, 9.17) is 0 Å². The molecule has 0 unspecified atom stereocenters. The Hall–Kier alpha value is -3.02. The molecule has 1 aromatic carbocycles. The van der Waals surface area contributed by atoms with Crippen LogP contribution in [-0.4, -0.2) is 43.6 Å². The number of hydrogen-bond donors (Lipinski definition) is 0. The van der Waals surface area contributed by atoms with E-state index in [9.17, 15) is 4.79 Å². The predicted molar refractivity (Wildman–Crippen MR) is 97.7 cm³/mol. The number of amides is 1. The zero-order chi connectivity index (χ0) is 17.8. The Morgan fingerprint density at radius 1 is 1.08 bits per heavy atom. The molecule has 132 valence electrons. The minimum Gasteiger partial charge on any atom is -0.339 e. The average molecular weight is 347 g/mol. The average Bonchev–Trinajstić information content (AvgIpc) is 3.17. The molecule has 1 aliphatic rings. The molecule has 2 aromatic heterocycles. The summed E-state index contributed by atoms with van der Waals surface area (Å²) < 4.78 is 2.12. The lowest BCUT2D eigenvalue weighted by Gasteiger charge is -2.31. The van der Waals surface area contributed by atoms with Gasteiger partial charge in [0.05, 0.1) is 12.1 Å². The number of likely N-dealkylation sites (tertiary alicyclic amines) is 1. The van der Waals surface area contributed by atoms with Crippen LogP contribution in [0.15, 0.2) is 61.2 Å². The molecule has 0 saturated carbocycles. The fraction of sp³-hybridized carbons (Fsp3) is 0.300. The van der Waals surface area contributed by atoms with Crippen molar-refractivity contribution in [3.05, 3.63) is 78.1 Å². The molecule has 26 heavy (non-hydrogen) atoms. The highest BCUT2D eigenvalue weighted by Gasteiger charge is 2.27. The quantitative estimate of drug-likeness (QED) is 0.728. The van der Waals surface area contributed by atoms with Crippen LogP contribution in [0, 0.1) is 0 Å². The van der Waals surface area contributed by atoms with Crippen molar-refractivity contribution in [1.82, 2.24) is 24.6 Å². The highest BCUT2D eigenvalue weighted by Crippen LogP contribution is 2.27. The van der Waals surface area contributed by atoms with Crippen molar-refractivity contribution >= 4 is 5.91 Å². The number of carbonyl (C=O) groups is 1. The molecular weight excluding hydrogens is 326 g/mol. The molecule has 0 N–H and O–H groups in total. The summed E-state index contributed by atoms with van der Waals surface area (Å²) >= 11 is 0.